The van der Waals surface area contributed by atoms with E-state index in [0.29, 0.717) is 23.6 Å². The number of hydrogen-bond acceptors (Lipinski definition) is 2. The van der Waals surface area contributed by atoms with Crippen LogP contribution in [0.3, 0.4) is 0 Å². The molecule has 92 valence electrons. The summed E-state index contributed by atoms with van der Waals surface area (Å²) in [6.07, 6.45) is 4.50. The van der Waals surface area contributed by atoms with E-state index in [4.69, 9.17) is 22.1 Å². The third-order valence-electron chi connectivity index (χ3n) is 3.24. The Bertz CT molecular complexity index is 396. The fourth-order valence-corrected chi connectivity index (χ4v) is 2.38. The molecule has 1 aliphatic carbocycles. The van der Waals surface area contributed by atoms with E-state index in [1.165, 1.54) is 0 Å². The van der Waals surface area contributed by atoms with Crippen molar-refractivity contribution in [1.29, 1.82) is 0 Å². The predicted octanol–water partition coefficient (Wildman–Crippen LogP) is 2.91. The van der Waals surface area contributed by atoms with Gasteiger partial charge in [-0.15, -0.1) is 0 Å². The standard InChI is InChI=1S/C13H16ClNO2/c14-10-4-6-11(7-5-10)17-13(12(15)16)8-2-1-3-9-13/h4-7H,1-3,8-9H2,(H2,15,16). The van der Waals surface area contributed by atoms with Crippen molar-refractivity contribution >= 4 is 17.5 Å². The van der Waals surface area contributed by atoms with Gasteiger partial charge in [0.25, 0.3) is 5.91 Å². The van der Waals surface area contributed by atoms with Gasteiger partial charge in [-0.2, -0.15) is 0 Å². The van der Waals surface area contributed by atoms with Crippen molar-refractivity contribution in [1.82, 2.24) is 0 Å². The van der Waals surface area contributed by atoms with Crippen LogP contribution in [-0.4, -0.2) is 11.5 Å². The van der Waals surface area contributed by atoms with Gasteiger partial charge in [0.2, 0.25) is 0 Å². The van der Waals surface area contributed by atoms with Crippen molar-refractivity contribution < 1.29 is 9.53 Å². The topological polar surface area (TPSA) is 52.3 Å². The number of carbonyl (C=O) groups is 1. The number of amides is 1. The lowest BCUT2D eigenvalue weighted by molar-refractivity contribution is -0.136. The molecule has 2 rings (SSSR count). The van der Waals surface area contributed by atoms with Gasteiger partial charge in [0, 0.05) is 5.02 Å². The normalized spacial score (nSPS) is 18.6. The highest BCUT2D eigenvalue weighted by molar-refractivity contribution is 6.30. The Morgan fingerprint density at radius 3 is 2.29 bits per heavy atom. The molecule has 0 aliphatic heterocycles. The quantitative estimate of drug-likeness (QED) is 0.901. The van der Waals surface area contributed by atoms with Crippen molar-refractivity contribution in [2.24, 2.45) is 5.73 Å². The number of carbonyl (C=O) groups excluding carboxylic acids is 1. The zero-order valence-corrected chi connectivity index (χ0v) is 10.4. The highest BCUT2D eigenvalue weighted by Crippen LogP contribution is 2.33. The van der Waals surface area contributed by atoms with Gasteiger partial charge in [0.15, 0.2) is 5.60 Å². The summed E-state index contributed by atoms with van der Waals surface area (Å²) in [6.45, 7) is 0. The van der Waals surface area contributed by atoms with Crippen LogP contribution in [0.4, 0.5) is 0 Å². The molecule has 17 heavy (non-hydrogen) atoms. The van der Waals surface area contributed by atoms with Crippen molar-refractivity contribution in [3.8, 4) is 5.75 Å². The lowest BCUT2D eigenvalue weighted by Gasteiger charge is -2.34. The molecular weight excluding hydrogens is 238 g/mol. The average Bonchev–Trinajstić information content (AvgIpc) is 2.33. The first-order valence-electron chi connectivity index (χ1n) is 5.87. The van der Waals surface area contributed by atoms with Gasteiger partial charge in [-0.1, -0.05) is 18.0 Å². The minimum atomic E-state index is -0.827. The maximum atomic E-state index is 11.6. The number of ether oxygens (including phenoxy) is 1. The summed E-state index contributed by atoms with van der Waals surface area (Å²) in [5.41, 5.74) is 4.66. The molecule has 1 saturated carbocycles. The van der Waals surface area contributed by atoms with E-state index in [1.807, 2.05) is 0 Å². The van der Waals surface area contributed by atoms with Gasteiger partial charge in [-0.3, -0.25) is 4.79 Å². The summed E-state index contributed by atoms with van der Waals surface area (Å²) >= 11 is 5.80. The monoisotopic (exact) mass is 253 g/mol. The number of primary amides is 1. The van der Waals surface area contributed by atoms with Gasteiger partial charge in [-0.05, 0) is 49.9 Å². The number of rotatable bonds is 3. The number of hydrogen-bond donors (Lipinski definition) is 1. The molecule has 1 aromatic rings. The van der Waals surface area contributed by atoms with E-state index < -0.39 is 5.60 Å². The van der Waals surface area contributed by atoms with Crippen molar-refractivity contribution in [2.45, 2.75) is 37.7 Å². The van der Waals surface area contributed by atoms with Gasteiger partial charge in [-0.25, -0.2) is 0 Å². The second kappa shape index (κ2) is 4.96. The molecule has 1 fully saturated rings. The van der Waals surface area contributed by atoms with E-state index in [1.54, 1.807) is 24.3 Å². The number of nitrogens with two attached hydrogens (primary N) is 1. The molecule has 0 bridgehead atoms. The molecule has 0 spiro atoms. The van der Waals surface area contributed by atoms with Crippen LogP contribution in [0.2, 0.25) is 5.02 Å². The summed E-state index contributed by atoms with van der Waals surface area (Å²) in [5, 5.41) is 0.647. The van der Waals surface area contributed by atoms with Crippen molar-refractivity contribution in [2.75, 3.05) is 0 Å². The summed E-state index contributed by atoms with van der Waals surface area (Å²) in [7, 11) is 0. The fraction of sp³-hybridized carbons (Fsp3) is 0.462. The molecule has 0 saturated heterocycles. The molecule has 0 atom stereocenters. The van der Waals surface area contributed by atoms with E-state index in [9.17, 15) is 4.79 Å². The van der Waals surface area contributed by atoms with Gasteiger partial charge < -0.3 is 10.5 Å². The van der Waals surface area contributed by atoms with Gasteiger partial charge >= 0.3 is 0 Å². The molecule has 2 N–H and O–H groups in total. The zero-order valence-electron chi connectivity index (χ0n) is 9.62. The first-order chi connectivity index (χ1) is 8.12. The zero-order chi connectivity index (χ0) is 12.3. The van der Waals surface area contributed by atoms with Crippen molar-refractivity contribution in [3.05, 3.63) is 29.3 Å². The third kappa shape index (κ3) is 2.72. The Morgan fingerprint density at radius 1 is 1.18 bits per heavy atom. The van der Waals surface area contributed by atoms with Crippen LogP contribution >= 0.6 is 11.6 Å². The summed E-state index contributed by atoms with van der Waals surface area (Å²) in [6, 6.07) is 7.02. The lowest BCUT2D eigenvalue weighted by atomic mass is 9.84. The van der Waals surface area contributed by atoms with E-state index >= 15 is 0 Å². The van der Waals surface area contributed by atoms with Crippen LogP contribution in [0.5, 0.6) is 5.75 Å². The van der Waals surface area contributed by atoms with Gasteiger partial charge in [0.05, 0.1) is 0 Å². The van der Waals surface area contributed by atoms with E-state index in [-0.39, 0.29) is 5.91 Å². The van der Waals surface area contributed by atoms with E-state index in [2.05, 4.69) is 0 Å². The molecular formula is C13H16ClNO2. The fourth-order valence-electron chi connectivity index (χ4n) is 2.25. The SMILES string of the molecule is NC(=O)C1(Oc2ccc(Cl)cc2)CCCCC1. The average molecular weight is 254 g/mol. The van der Waals surface area contributed by atoms with Crippen LogP contribution in [0, 0.1) is 0 Å². The predicted molar refractivity (Wildman–Crippen MR) is 67.1 cm³/mol. The smallest absolute Gasteiger partial charge is 0.261 e. The van der Waals surface area contributed by atoms with E-state index in [0.717, 1.165) is 19.3 Å². The molecule has 1 aliphatic rings. The van der Waals surface area contributed by atoms with Crippen LogP contribution in [0.1, 0.15) is 32.1 Å². The molecule has 0 heterocycles. The van der Waals surface area contributed by atoms with Crippen LogP contribution < -0.4 is 10.5 Å². The Hall–Kier alpha value is -1.22. The molecule has 3 nitrogen and oxygen atoms in total. The summed E-state index contributed by atoms with van der Waals surface area (Å²) in [4.78, 5) is 11.6. The minimum Gasteiger partial charge on any atom is -0.477 e. The Morgan fingerprint density at radius 2 is 1.76 bits per heavy atom. The van der Waals surface area contributed by atoms with Crippen molar-refractivity contribution in [3.63, 3.8) is 0 Å². The Kier molecular flexibility index (Phi) is 3.57. The Balaban J connectivity index is 2.17. The molecule has 0 aromatic heterocycles. The first-order valence-corrected chi connectivity index (χ1v) is 6.25. The molecule has 4 heteroatoms. The maximum absolute atomic E-state index is 11.6. The van der Waals surface area contributed by atoms with Crippen LogP contribution in [-0.2, 0) is 4.79 Å². The molecule has 0 unspecified atom stereocenters. The molecule has 1 amide bonds. The van der Waals surface area contributed by atoms with Crippen LogP contribution in [0.15, 0.2) is 24.3 Å². The lowest BCUT2D eigenvalue weighted by Crippen LogP contribution is -2.50. The molecule has 0 radical (unpaired) electrons. The van der Waals surface area contributed by atoms with Crippen LogP contribution in [0.25, 0.3) is 0 Å². The third-order valence-corrected chi connectivity index (χ3v) is 3.49. The first kappa shape index (κ1) is 12.2. The minimum absolute atomic E-state index is 0.368. The summed E-state index contributed by atoms with van der Waals surface area (Å²) < 4.78 is 5.83. The van der Waals surface area contributed by atoms with Gasteiger partial charge in [0.1, 0.15) is 5.75 Å². The second-order valence-electron chi connectivity index (χ2n) is 4.48. The summed E-state index contributed by atoms with van der Waals surface area (Å²) in [5.74, 6) is 0.280. The number of halogens is 1. The highest BCUT2D eigenvalue weighted by atomic mass is 35.5. The Labute approximate surface area is 106 Å². The maximum Gasteiger partial charge on any atom is 0.261 e. The second-order valence-corrected chi connectivity index (χ2v) is 4.91. The largest absolute Gasteiger partial charge is 0.477 e. The highest BCUT2D eigenvalue weighted by Gasteiger charge is 2.40. The molecule has 1 aromatic carbocycles. The number of benzene rings is 1.